The quantitative estimate of drug-likeness (QED) is 0.699. The minimum atomic E-state index is -0.230. The van der Waals surface area contributed by atoms with E-state index in [1.807, 2.05) is 29.2 Å². The average Bonchev–Trinajstić information content (AvgIpc) is 3.55. The second-order valence-electron chi connectivity index (χ2n) is 8.68. The first-order valence-electron chi connectivity index (χ1n) is 10.3. The Labute approximate surface area is 179 Å². The number of carbonyl (C=O) groups excluding carboxylic acids is 1. The smallest absolute Gasteiger partial charge is 0.227 e. The van der Waals surface area contributed by atoms with Crippen molar-refractivity contribution in [2.24, 2.45) is 5.92 Å². The highest BCUT2D eigenvalue weighted by atomic mass is 35.5. The van der Waals surface area contributed by atoms with Gasteiger partial charge in [0.1, 0.15) is 5.82 Å². The summed E-state index contributed by atoms with van der Waals surface area (Å²) in [5.41, 5.74) is 3.31. The molecule has 3 nitrogen and oxygen atoms in total. The van der Waals surface area contributed by atoms with Gasteiger partial charge in [-0.1, -0.05) is 36.4 Å². The fourth-order valence-electron chi connectivity index (χ4n) is 4.32. The number of carbonyl (C=O) groups is 1. The Bertz CT molecular complexity index is 823. The number of halogens is 2. The Hall–Kier alpha value is -1.91. The molecular weight excluding hydrogens is 387 g/mol. The lowest BCUT2D eigenvalue weighted by atomic mass is 9.95. The molecule has 1 amide bonds. The second-order valence-corrected chi connectivity index (χ2v) is 8.68. The highest BCUT2D eigenvalue weighted by Gasteiger charge is 2.42. The molecule has 156 valence electrons. The molecule has 2 aliphatic rings. The van der Waals surface area contributed by atoms with Gasteiger partial charge in [-0.25, -0.2) is 4.39 Å². The third kappa shape index (κ3) is 4.99. The maximum absolute atomic E-state index is 13.1. The maximum Gasteiger partial charge on any atom is 0.227 e. The molecule has 1 heterocycles. The third-order valence-electron chi connectivity index (χ3n) is 6.51. The van der Waals surface area contributed by atoms with Crippen molar-refractivity contribution >= 4 is 18.3 Å². The van der Waals surface area contributed by atoms with E-state index in [9.17, 15) is 9.18 Å². The van der Waals surface area contributed by atoms with E-state index in [2.05, 4.69) is 18.7 Å². The van der Waals surface area contributed by atoms with Crippen LogP contribution >= 0.6 is 12.4 Å². The van der Waals surface area contributed by atoms with E-state index >= 15 is 0 Å². The molecule has 2 aromatic carbocycles. The van der Waals surface area contributed by atoms with Crippen molar-refractivity contribution in [3.8, 4) is 11.1 Å². The van der Waals surface area contributed by atoms with E-state index < -0.39 is 0 Å². The van der Waals surface area contributed by atoms with Crippen molar-refractivity contribution in [1.29, 1.82) is 0 Å². The summed E-state index contributed by atoms with van der Waals surface area (Å²) in [6, 6.07) is 14.5. The van der Waals surface area contributed by atoms with Gasteiger partial charge in [-0.05, 0) is 61.4 Å². The van der Waals surface area contributed by atoms with Gasteiger partial charge in [0.25, 0.3) is 0 Å². The molecule has 0 N–H and O–H groups in total. The van der Waals surface area contributed by atoms with Gasteiger partial charge >= 0.3 is 0 Å². The van der Waals surface area contributed by atoms with E-state index in [0.717, 1.165) is 48.8 Å². The lowest BCUT2D eigenvalue weighted by Crippen LogP contribution is -2.56. The molecule has 1 saturated heterocycles. The largest absolute Gasteiger partial charge is 0.340 e. The van der Waals surface area contributed by atoms with Crippen LogP contribution in [-0.2, 0) is 11.2 Å². The summed E-state index contributed by atoms with van der Waals surface area (Å²) in [4.78, 5) is 17.3. The monoisotopic (exact) mass is 416 g/mol. The Morgan fingerprint density at radius 2 is 1.45 bits per heavy atom. The first kappa shape index (κ1) is 21.8. The minimum Gasteiger partial charge on any atom is -0.340 e. The second kappa shape index (κ2) is 8.85. The predicted octanol–water partition coefficient (Wildman–Crippen LogP) is 4.79. The highest BCUT2D eigenvalue weighted by molar-refractivity contribution is 5.85. The summed E-state index contributed by atoms with van der Waals surface area (Å²) in [5, 5.41) is 0. The number of amides is 1. The molecule has 1 saturated carbocycles. The van der Waals surface area contributed by atoms with Crippen LogP contribution < -0.4 is 0 Å². The Kier molecular flexibility index (Phi) is 6.65. The van der Waals surface area contributed by atoms with Crippen molar-refractivity contribution in [3.05, 3.63) is 59.9 Å². The molecule has 29 heavy (non-hydrogen) atoms. The maximum atomic E-state index is 13.1. The minimum absolute atomic E-state index is 0. The first-order valence-corrected chi connectivity index (χ1v) is 10.3. The molecule has 0 atom stereocenters. The molecule has 1 aliphatic carbocycles. The summed E-state index contributed by atoms with van der Waals surface area (Å²) in [6.07, 6.45) is 3.13. The van der Waals surface area contributed by atoms with Crippen LogP contribution in [0.4, 0.5) is 4.39 Å². The van der Waals surface area contributed by atoms with Gasteiger partial charge in [-0.15, -0.1) is 12.4 Å². The topological polar surface area (TPSA) is 23.6 Å². The van der Waals surface area contributed by atoms with Crippen LogP contribution in [0, 0.1) is 11.7 Å². The standard InChI is InChI=1S/C24H29FN2O.ClH/c1-24(2,21-9-10-21)27-15-13-26(14-16-27)23(28)17-18-3-5-19(6-4-18)20-7-11-22(25)12-8-20;/h3-8,11-12,21H,9-10,13-17H2,1-2H3;1H. The SMILES string of the molecule is CC(C)(C1CC1)N1CCN(C(=O)Cc2ccc(-c3ccc(F)cc3)cc2)CC1.Cl. The van der Waals surface area contributed by atoms with Gasteiger partial charge in [0.15, 0.2) is 0 Å². The van der Waals surface area contributed by atoms with Crippen LogP contribution in [0.2, 0.25) is 0 Å². The normalized spacial score (nSPS) is 17.7. The van der Waals surface area contributed by atoms with Gasteiger partial charge < -0.3 is 4.90 Å². The third-order valence-corrected chi connectivity index (χ3v) is 6.51. The first-order chi connectivity index (χ1) is 13.4. The zero-order chi connectivity index (χ0) is 19.7. The van der Waals surface area contributed by atoms with E-state index in [1.165, 1.54) is 25.0 Å². The molecule has 2 aromatic rings. The number of hydrogen-bond acceptors (Lipinski definition) is 2. The number of hydrogen-bond donors (Lipinski definition) is 0. The molecule has 0 radical (unpaired) electrons. The van der Waals surface area contributed by atoms with E-state index in [4.69, 9.17) is 0 Å². The van der Waals surface area contributed by atoms with Crippen molar-refractivity contribution in [1.82, 2.24) is 9.80 Å². The van der Waals surface area contributed by atoms with Gasteiger partial charge in [-0.2, -0.15) is 0 Å². The average molecular weight is 417 g/mol. The van der Waals surface area contributed by atoms with Gasteiger partial charge in [0.05, 0.1) is 6.42 Å². The Morgan fingerprint density at radius 3 is 1.97 bits per heavy atom. The fraction of sp³-hybridized carbons (Fsp3) is 0.458. The van der Waals surface area contributed by atoms with Crippen molar-refractivity contribution in [2.75, 3.05) is 26.2 Å². The zero-order valence-electron chi connectivity index (χ0n) is 17.2. The summed E-state index contributed by atoms with van der Waals surface area (Å²) < 4.78 is 13.1. The zero-order valence-corrected chi connectivity index (χ0v) is 18.1. The molecule has 4 rings (SSSR count). The summed E-state index contributed by atoms with van der Waals surface area (Å²) in [7, 11) is 0. The van der Waals surface area contributed by atoms with Crippen LogP contribution in [0.25, 0.3) is 11.1 Å². The van der Waals surface area contributed by atoms with E-state index in [1.54, 1.807) is 12.1 Å². The number of benzene rings is 2. The predicted molar refractivity (Wildman–Crippen MR) is 118 cm³/mol. The van der Waals surface area contributed by atoms with Gasteiger partial charge in [0, 0.05) is 31.7 Å². The van der Waals surface area contributed by atoms with Crippen LogP contribution in [0.1, 0.15) is 32.3 Å². The van der Waals surface area contributed by atoms with Crippen LogP contribution in [0.5, 0.6) is 0 Å². The van der Waals surface area contributed by atoms with Crippen LogP contribution in [0.15, 0.2) is 48.5 Å². The molecule has 0 aromatic heterocycles. The molecule has 5 heteroatoms. The molecule has 2 fully saturated rings. The van der Waals surface area contributed by atoms with Crippen molar-refractivity contribution in [3.63, 3.8) is 0 Å². The van der Waals surface area contributed by atoms with Crippen LogP contribution in [-0.4, -0.2) is 47.4 Å². The summed E-state index contributed by atoms with van der Waals surface area (Å²) >= 11 is 0. The lowest BCUT2D eigenvalue weighted by molar-refractivity contribution is -0.133. The summed E-state index contributed by atoms with van der Waals surface area (Å²) in [5.74, 6) is 0.805. The van der Waals surface area contributed by atoms with E-state index in [-0.39, 0.29) is 29.7 Å². The number of rotatable bonds is 5. The molecule has 1 aliphatic heterocycles. The highest BCUT2D eigenvalue weighted by Crippen LogP contribution is 2.43. The number of piperazine rings is 1. The molecule has 0 spiro atoms. The number of nitrogens with zero attached hydrogens (tertiary/aromatic N) is 2. The molecule has 0 unspecified atom stereocenters. The van der Waals surface area contributed by atoms with Gasteiger partial charge in [-0.3, -0.25) is 9.69 Å². The van der Waals surface area contributed by atoms with E-state index in [0.29, 0.717) is 6.42 Å². The van der Waals surface area contributed by atoms with Crippen LogP contribution in [0.3, 0.4) is 0 Å². The lowest BCUT2D eigenvalue weighted by Gasteiger charge is -2.44. The molecular formula is C24H30ClFN2O. The molecule has 0 bridgehead atoms. The van der Waals surface area contributed by atoms with Gasteiger partial charge in [0.2, 0.25) is 5.91 Å². The van der Waals surface area contributed by atoms with Crippen molar-refractivity contribution in [2.45, 2.75) is 38.6 Å². The van der Waals surface area contributed by atoms with Crippen molar-refractivity contribution < 1.29 is 9.18 Å². The Morgan fingerprint density at radius 1 is 0.931 bits per heavy atom. The fourth-order valence-corrected chi connectivity index (χ4v) is 4.32. The summed E-state index contributed by atoms with van der Waals surface area (Å²) in [6.45, 7) is 8.29. The Balaban J connectivity index is 0.00000240.